The van der Waals surface area contributed by atoms with E-state index in [2.05, 4.69) is 32.1 Å². The molecule has 1 aliphatic rings. The van der Waals surface area contributed by atoms with Crippen LogP contribution in [-0.4, -0.2) is 28.0 Å². The van der Waals surface area contributed by atoms with Gasteiger partial charge in [-0.05, 0) is 37.3 Å². The monoisotopic (exact) mass is 298 g/mol. The molecule has 1 unspecified atom stereocenters. The van der Waals surface area contributed by atoms with Crippen molar-refractivity contribution in [3.63, 3.8) is 0 Å². The molecular weight excluding hydrogens is 276 g/mol. The number of anilines is 4. The molecule has 0 saturated carbocycles. The molecule has 0 amide bonds. The van der Waals surface area contributed by atoms with Gasteiger partial charge in [-0.25, -0.2) is 15.0 Å². The minimum Gasteiger partial charge on any atom is -0.393 e. The second-order valence-electron chi connectivity index (χ2n) is 5.95. The van der Waals surface area contributed by atoms with E-state index < -0.39 is 0 Å². The Morgan fingerprint density at radius 3 is 2.91 bits per heavy atom. The molecule has 116 valence electrons. The van der Waals surface area contributed by atoms with E-state index in [1.165, 1.54) is 12.8 Å². The lowest BCUT2D eigenvalue weighted by Gasteiger charge is -2.32. The van der Waals surface area contributed by atoms with Crippen LogP contribution in [0.15, 0.2) is 24.7 Å². The zero-order valence-electron chi connectivity index (χ0n) is 13.1. The summed E-state index contributed by atoms with van der Waals surface area (Å²) in [4.78, 5) is 15.2. The van der Waals surface area contributed by atoms with Crippen LogP contribution in [0.1, 0.15) is 25.3 Å². The lowest BCUT2D eigenvalue weighted by Crippen LogP contribution is -2.35. The predicted molar refractivity (Wildman–Crippen MR) is 89.3 cm³/mol. The summed E-state index contributed by atoms with van der Waals surface area (Å²) in [5.41, 5.74) is 7.94. The van der Waals surface area contributed by atoms with Crippen molar-refractivity contribution >= 4 is 23.1 Å². The average molecular weight is 298 g/mol. The van der Waals surface area contributed by atoms with E-state index in [4.69, 9.17) is 5.73 Å². The zero-order valence-corrected chi connectivity index (χ0v) is 13.1. The topological polar surface area (TPSA) is 80.0 Å². The molecule has 0 aliphatic carbocycles. The Kier molecular flexibility index (Phi) is 4.09. The summed E-state index contributed by atoms with van der Waals surface area (Å²) in [6.07, 6.45) is 5.75. The lowest BCUT2D eigenvalue weighted by molar-refractivity contribution is 0.445. The summed E-state index contributed by atoms with van der Waals surface area (Å²) in [5.74, 6) is 2.87. The molecule has 2 aromatic rings. The first kappa shape index (κ1) is 14.6. The number of nitrogens with one attached hydrogen (secondary N) is 1. The molecule has 22 heavy (non-hydrogen) atoms. The van der Waals surface area contributed by atoms with Crippen LogP contribution >= 0.6 is 0 Å². The van der Waals surface area contributed by atoms with Gasteiger partial charge in [0.2, 0.25) is 0 Å². The van der Waals surface area contributed by atoms with Gasteiger partial charge in [-0.2, -0.15) is 0 Å². The Morgan fingerprint density at radius 1 is 1.27 bits per heavy atom. The van der Waals surface area contributed by atoms with Crippen molar-refractivity contribution < 1.29 is 0 Å². The maximum atomic E-state index is 6.30. The predicted octanol–water partition coefficient (Wildman–Crippen LogP) is 2.74. The molecular formula is C16H22N6. The Balaban J connectivity index is 1.87. The van der Waals surface area contributed by atoms with E-state index in [0.717, 1.165) is 30.3 Å². The molecule has 3 N–H and O–H groups in total. The smallest absolute Gasteiger partial charge is 0.160 e. The summed E-state index contributed by atoms with van der Waals surface area (Å²) >= 11 is 0. The maximum absolute atomic E-state index is 6.30. The molecule has 2 aromatic heterocycles. The summed E-state index contributed by atoms with van der Waals surface area (Å²) < 4.78 is 0. The van der Waals surface area contributed by atoms with Crippen LogP contribution in [0.4, 0.5) is 23.1 Å². The normalized spacial score (nSPS) is 18.3. The first-order valence-electron chi connectivity index (χ1n) is 7.69. The Morgan fingerprint density at radius 2 is 2.14 bits per heavy atom. The molecule has 0 aromatic carbocycles. The minimum atomic E-state index is 0.585. The molecule has 0 spiro atoms. The fourth-order valence-corrected chi connectivity index (χ4v) is 2.85. The van der Waals surface area contributed by atoms with Gasteiger partial charge in [-0.15, -0.1) is 0 Å². The average Bonchev–Trinajstić information content (AvgIpc) is 2.51. The summed E-state index contributed by atoms with van der Waals surface area (Å²) in [6, 6.07) is 3.91. The van der Waals surface area contributed by atoms with Crippen LogP contribution in [0.2, 0.25) is 0 Å². The van der Waals surface area contributed by atoms with E-state index in [0.29, 0.717) is 17.4 Å². The molecule has 1 atom stereocenters. The van der Waals surface area contributed by atoms with Gasteiger partial charge in [-0.1, -0.05) is 13.0 Å². The zero-order chi connectivity index (χ0) is 15.5. The second-order valence-corrected chi connectivity index (χ2v) is 5.95. The number of nitrogen functional groups attached to an aromatic ring is 1. The van der Waals surface area contributed by atoms with E-state index in [9.17, 15) is 0 Å². The minimum absolute atomic E-state index is 0.585. The summed E-state index contributed by atoms with van der Waals surface area (Å²) in [5, 5.41) is 3.22. The molecule has 0 radical (unpaired) electrons. The first-order valence-corrected chi connectivity index (χ1v) is 7.69. The number of pyridine rings is 1. The Hall–Kier alpha value is -2.37. The highest BCUT2D eigenvalue weighted by Gasteiger charge is 2.21. The Bertz CT molecular complexity index is 657. The molecule has 3 heterocycles. The second kappa shape index (κ2) is 6.17. The molecule has 3 rings (SSSR count). The summed E-state index contributed by atoms with van der Waals surface area (Å²) in [7, 11) is 0. The number of nitrogens with two attached hydrogens (primary N) is 1. The third-order valence-corrected chi connectivity index (χ3v) is 4.07. The molecule has 6 heteroatoms. The van der Waals surface area contributed by atoms with Crippen molar-refractivity contribution in [1.82, 2.24) is 15.0 Å². The molecule has 1 saturated heterocycles. The number of hydrogen-bond acceptors (Lipinski definition) is 6. The maximum Gasteiger partial charge on any atom is 0.160 e. The van der Waals surface area contributed by atoms with Gasteiger partial charge in [0, 0.05) is 19.3 Å². The number of piperidine rings is 1. The molecule has 0 bridgehead atoms. The fraction of sp³-hybridized carbons (Fsp3) is 0.438. The van der Waals surface area contributed by atoms with Gasteiger partial charge < -0.3 is 16.0 Å². The van der Waals surface area contributed by atoms with Crippen LogP contribution in [0.25, 0.3) is 0 Å². The SMILES string of the molecule is Cc1cccnc1Nc1ncnc(N2CCCC(C)C2)c1N. The van der Waals surface area contributed by atoms with Crippen LogP contribution in [0.5, 0.6) is 0 Å². The van der Waals surface area contributed by atoms with Crippen molar-refractivity contribution in [1.29, 1.82) is 0 Å². The highest BCUT2D eigenvalue weighted by Crippen LogP contribution is 2.31. The number of nitrogens with zero attached hydrogens (tertiary/aromatic N) is 4. The third kappa shape index (κ3) is 2.95. The summed E-state index contributed by atoms with van der Waals surface area (Å²) in [6.45, 7) is 6.25. The van der Waals surface area contributed by atoms with Gasteiger partial charge in [0.05, 0.1) is 0 Å². The van der Waals surface area contributed by atoms with E-state index in [1.807, 2.05) is 19.1 Å². The largest absolute Gasteiger partial charge is 0.393 e. The van der Waals surface area contributed by atoms with E-state index in [-0.39, 0.29) is 0 Å². The van der Waals surface area contributed by atoms with Gasteiger partial charge in [-0.3, -0.25) is 0 Å². The van der Waals surface area contributed by atoms with E-state index in [1.54, 1.807) is 12.5 Å². The molecule has 1 aliphatic heterocycles. The van der Waals surface area contributed by atoms with Crippen molar-refractivity contribution in [2.45, 2.75) is 26.7 Å². The van der Waals surface area contributed by atoms with Crippen LogP contribution in [0, 0.1) is 12.8 Å². The van der Waals surface area contributed by atoms with Gasteiger partial charge in [0.15, 0.2) is 11.6 Å². The number of hydrogen-bond donors (Lipinski definition) is 2. The lowest BCUT2D eigenvalue weighted by atomic mass is 10.0. The molecule has 1 fully saturated rings. The van der Waals surface area contributed by atoms with Crippen molar-refractivity contribution in [2.75, 3.05) is 29.0 Å². The number of aryl methyl sites for hydroxylation is 1. The van der Waals surface area contributed by atoms with Gasteiger partial charge >= 0.3 is 0 Å². The highest BCUT2D eigenvalue weighted by atomic mass is 15.2. The van der Waals surface area contributed by atoms with E-state index >= 15 is 0 Å². The van der Waals surface area contributed by atoms with Crippen LogP contribution in [0.3, 0.4) is 0 Å². The van der Waals surface area contributed by atoms with Gasteiger partial charge in [0.25, 0.3) is 0 Å². The first-order chi connectivity index (χ1) is 10.6. The van der Waals surface area contributed by atoms with Crippen molar-refractivity contribution in [3.8, 4) is 0 Å². The van der Waals surface area contributed by atoms with Crippen molar-refractivity contribution in [3.05, 3.63) is 30.2 Å². The van der Waals surface area contributed by atoms with Gasteiger partial charge in [0.1, 0.15) is 17.8 Å². The Labute approximate surface area is 130 Å². The highest BCUT2D eigenvalue weighted by molar-refractivity contribution is 5.78. The number of rotatable bonds is 3. The van der Waals surface area contributed by atoms with Crippen LogP contribution in [-0.2, 0) is 0 Å². The standard InChI is InChI=1S/C16H22N6/c1-11-5-4-8-22(9-11)16-13(17)15(19-10-20-16)21-14-12(2)6-3-7-18-14/h3,6-7,10-11H,4-5,8-9,17H2,1-2H3,(H,18,19,20,21). The van der Waals surface area contributed by atoms with Crippen LogP contribution < -0.4 is 16.0 Å². The van der Waals surface area contributed by atoms with Crippen molar-refractivity contribution in [2.24, 2.45) is 5.92 Å². The third-order valence-electron chi connectivity index (χ3n) is 4.07. The fourth-order valence-electron chi connectivity index (χ4n) is 2.85. The molecule has 6 nitrogen and oxygen atoms in total. The number of aromatic nitrogens is 3. The quantitative estimate of drug-likeness (QED) is 0.907.